The topological polar surface area (TPSA) is 37.8 Å². The number of thiophene rings is 1. The van der Waals surface area contributed by atoms with Crippen LogP contribution in [-0.2, 0) is 19.3 Å². The van der Waals surface area contributed by atoms with Crippen LogP contribution in [0.5, 0.6) is 0 Å². The first kappa shape index (κ1) is 14.5. The van der Waals surface area contributed by atoms with Crippen LogP contribution in [-0.4, -0.2) is 16.5 Å². The second-order valence-electron chi connectivity index (χ2n) is 5.53. The van der Waals surface area contributed by atoms with Gasteiger partial charge in [0.05, 0.1) is 4.88 Å². The molecule has 0 fully saturated rings. The highest BCUT2D eigenvalue weighted by Gasteiger charge is 2.17. The van der Waals surface area contributed by atoms with Gasteiger partial charge in [-0.25, -0.2) is 9.97 Å². The van der Waals surface area contributed by atoms with Gasteiger partial charge in [-0.05, 0) is 51.2 Å². The number of rotatable bonds is 4. The van der Waals surface area contributed by atoms with Crippen LogP contribution in [0.25, 0.3) is 10.7 Å². The predicted molar refractivity (Wildman–Crippen MR) is 90.1 cm³/mol. The Balaban J connectivity index is 2.04. The van der Waals surface area contributed by atoms with Crippen molar-refractivity contribution < 1.29 is 0 Å². The molecule has 1 aliphatic rings. The summed E-state index contributed by atoms with van der Waals surface area (Å²) in [5.74, 6) is 1.96. The third kappa shape index (κ3) is 3.10. The van der Waals surface area contributed by atoms with Crippen molar-refractivity contribution >= 4 is 17.2 Å². The lowest BCUT2D eigenvalue weighted by Gasteiger charge is -2.13. The molecule has 1 N–H and O–H groups in total. The average Bonchev–Trinajstić information content (AvgIpc) is 2.85. The zero-order valence-electron chi connectivity index (χ0n) is 12.9. The van der Waals surface area contributed by atoms with Crippen LogP contribution < -0.4 is 5.32 Å². The van der Waals surface area contributed by atoms with E-state index in [4.69, 9.17) is 9.97 Å². The maximum absolute atomic E-state index is 4.89. The van der Waals surface area contributed by atoms with Gasteiger partial charge in [0.25, 0.3) is 0 Å². The Bertz CT molecular complexity index is 618. The fourth-order valence-corrected chi connectivity index (χ4v) is 3.76. The lowest BCUT2D eigenvalue weighted by atomic mass is 10.1. The molecule has 0 aliphatic heterocycles. The predicted octanol–water partition coefficient (Wildman–Crippen LogP) is 4.47. The number of aromatic nitrogens is 2. The van der Waals surface area contributed by atoms with E-state index in [0.29, 0.717) is 0 Å². The molecule has 0 radical (unpaired) electrons. The first-order valence-electron chi connectivity index (χ1n) is 8.04. The smallest absolute Gasteiger partial charge is 0.171 e. The molecule has 2 aromatic rings. The normalized spacial score (nSPS) is 14.6. The fraction of sp³-hybridized carbons (Fsp3) is 0.529. The Hall–Kier alpha value is -1.42. The molecule has 2 aromatic heterocycles. The van der Waals surface area contributed by atoms with Gasteiger partial charge in [-0.3, -0.25) is 0 Å². The Labute approximate surface area is 130 Å². The number of fused-ring (bicyclic) bond motifs is 1. The number of anilines is 1. The summed E-state index contributed by atoms with van der Waals surface area (Å²) in [4.78, 5) is 12.3. The maximum atomic E-state index is 4.89. The van der Waals surface area contributed by atoms with Gasteiger partial charge in [-0.15, -0.1) is 11.3 Å². The lowest BCUT2D eigenvalue weighted by molar-refractivity contribution is 0.709. The summed E-state index contributed by atoms with van der Waals surface area (Å²) < 4.78 is 0. The molecule has 0 bridgehead atoms. The van der Waals surface area contributed by atoms with Gasteiger partial charge < -0.3 is 5.32 Å². The molecule has 1 aliphatic carbocycles. The monoisotopic (exact) mass is 301 g/mol. The summed E-state index contributed by atoms with van der Waals surface area (Å²) in [6.45, 7) is 5.23. The minimum atomic E-state index is 0.899. The van der Waals surface area contributed by atoms with Crippen LogP contribution in [0.15, 0.2) is 12.1 Å². The molecule has 0 saturated carbocycles. The fourth-order valence-electron chi connectivity index (χ4n) is 2.88. The van der Waals surface area contributed by atoms with Crippen molar-refractivity contribution in [2.24, 2.45) is 0 Å². The molecule has 3 rings (SSSR count). The quantitative estimate of drug-likeness (QED) is 0.847. The van der Waals surface area contributed by atoms with E-state index in [1.807, 2.05) is 11.3 Å². The molecular formula is C17H23N3S. The van der Waals surface area contributed by atoms with Crippen molar-refractivity contribution in [3.63, 3.8) is 0 Å². The molecule has 0 unspecified atom stereocenters. The minimum Gasteiger partial charge on any atom is -0.370 e. The van der Waals surface area contributed by atoms with E-state index in [-0.39, 0.29) is 0 Å². The van der Waals surface area contributed by atoms with Crippen molar-refractivity contribution in [3.8, 4) is 10.7 Å². The molecule has 0 saturated heterocycles. The van der Waals surface area contributed by atoms with E-state index in [0.717, 1.165) is 37.4 Å². The van der Waals surface area contributed by atoms with Crippen LogP contribution in [0.4, 0.5) is 5.82 Å². The number of nitrogens with one attached hydrogen (secondary N) is 1. The molecule has 112 valence electrons. The van der Waals surface area contributed by atoms with Gasteiger partial charge >= 0.3 is 0 Å². The number of hydrogen-bond acceptors (Lipinski definition) is 4. The second kappa shape index (κ2) is 6.56. The van der Waals surface area contributed by atoms with Crippen LogP contribution in [0.2, 0.25) is 0 Å². The lowest BCUT2D eigenvalue weighted by Crippen LogP contribution is -2.09. The third-order valence-electron chi connectivity index (χ3n) is 4.01. The van der Waals surface area contributed by atoms with Gasteiger partial charge in [-0.2, -0.15) is 0 Å². The molecule has 21 heavy (non-hydrogen) atoms. The van der Waals surface area contributed by atoms with Gasteiger partial charge in [0.15, 0.2) is 5.82 Å². The van der Waals surface area contributed by atoms with Crippen LogP contribution in [0, 0.1) is 0 Å². The number of hydrogen-bond donors (Lipinski definition) is 1. The Kier molecular flexibility index (Phi) is 4.54. The van der Waals surface area contributed by atoms with Gasteiger partial charge in [-0.1, -0.05) is 13.3 Å². The van der Waals surface area contributed by atoms with Crippen molar-refractivity contribution in [1.82, 2.24) is 9.97 Å². The first-order valence-corrected chi connectivity index (χ1v) is 8.86. The van der Waals surface area contributed by atoms with E-state index in [9.17, 15) is 0 Å². The van der Waals surface area contributed by atoms with E-state index < -0.39 is 0 Å². The molecule has 0 spiro atoms. The zero-order valence-corrected chi connectivity index (χ0v) is 13.7. The first-order chi connectivity index (χ1) is 10.3. The summed E-state index contributed by atoms with van der Waals surface area (Å²) in [6, 6.07) is 4.36. The zero-order chi connectivity index (χ0) is 14.7. The number of aryl methyl sites for hydroxylation is 2. The standard InChI is InChI=1S/C17H23N3S/c1-3-12-10-11-15(21-12)17-19-14-9-7-5-6-8-13(14)16(20-17)18-4-2/h10-11H,3-9H2,1-2H3,(H,18,19,20). The third-order valence-corrected chi connectivity index (χ3v) is 5.23. The SMILES string of the molecule is CCNc1nc(-c2ccc(CC)s2)nc2c1CCCCC2. The Morgan fingerprint density at radius 3 is 2.71 bits per heavy atom. The largest absolute Gasteiger partial charge is 0.370 e. The van der Waals surface area contributed by atoms with Gasteiger partial charge in [0, 0.05) is 22.7 Å². The molecule has 4 heteroatoms. The van der Waals surface area contributed by atoms with E-state index >= 15 is 0 Å². The van der Waals surface area contributed by atoms with E-state index in [1.54, 1.807) is 0 Å². The Morgan fingerprint density at radius 1 is 1.10 bits per heavy atom. The summed E-state index contributed by atoms with van der Waals surface area (Å²) in [7, 11) is 0. The molecule has 2 heterocycles. The molecule has 0 atom stereocenters. The van der Waals surface area contributed by atoms with Crippen LogP contribution in [0.3, 0.4) is 0 Å². The maximum Gasteiger partial charge on any atom is 0.171 e. The van der Waals surface area contributed by atoms with Crippen molar-refractivity contribution in [3.05, 3.63) is 28.3 Å². The molecular weight excluding hydrogens is 278 g/mol. The Morgan fingerprint density at radius 2 is 1.95 bits per heavy atom. The van der Waals surface area contributed by atoms with Crippen molar-refractivity contribution in [2.45, 2.75) is 52.4 Å². The number of nitrogens with zero attached hydrogens (tertiary/aromatic N) is 2. The second-order valence-corrected chi connectivity index (χ2v) is 6.70. The highest BCUT2D eigenvalue weighted by molar-refractivity contribution is 7.15. The highest BCUT2D eigenvalue weighted by atomic mass is 32.1. The summed E-state index contributed by atoms with van der Waals surface area (Å²) >= 11 is 1.82. The van der Waals surface area contributed by atoms with Crippen LogP contribution in [0.1, 0.15) is 49.2 Å². The minimum absolute atomic E-state index is 0.899. The van der Waals surface area contributed by atoms with Crippen LogP contribution >= 0.6 is 11.3 Å². The van der Waals surface area contributed by atoms with Crippen molar-refractivity contribution in [2.75, 3.05) is 11.9 Å². The van der Waals surface area contributed by atoms with E-state index in [1.165, 1.54) is 40.3 Å². The molecule has 0 amide bonds. The highest BCUT2D eigenvalue weighted by Crippen LogP contribution is 2.31. The molecule has 3 nitrogen and oxygen atoms in total. The van der Waals surface area contributed by atoms with Gasteiger partial charge in [0.2, 0.25) is 0 Å². The van der Waals surface area contributed by atoms with E-state index in [2.05, 4.69) is 31.3 Å². The van der Waals surface area contributed by atoms with Crippen molar-refractivity contribution in [1.29, 1.82) is 0 Å². The summed E-state index contributed by atoms with van der Waals surface area (Å²) in [6.07, 6.45) is 7.09. The average molecular weight is 301 g/mol. The summed E-state index contributed by atoms with van der Waals surface area (Å²) in [5, 5.41) is 3.45. The molecule has 0 aromatic carbocycles. The van der Waals surface area contributed by atoms with Gasteiger partial charge in [0.1, 0.15) is 5.82 Å². The summed E-state index contributed by atoms with van der Waals surface area (Å²) in [5.41, 5.74) is 2.62.